The molecule has 6 nitrogen and oxygen atoms in total. The quantitative estimate of drug-likeness (QED) is 0.850. The largest absolute Gasteiger partial charge is 0.359 e. The predicted molar refractivity (Wildman–Crippen MR) is 80.7 cm³/mol. The van der Waals surface area contributed by atoms with E-state index in [1.165, 1.54) is 12.1 Å². The predicted octanol–water partition coefficient (Wildman–Crippen LogP) is 1.97. The monoisotopic (exact) mass is 301 g/mol. The Morgan fingerprint density at radius 3 is 2.77 bits per heavy atom. The van der Waals surface area contributed by atoms with Gasteiger partial charge in [0.05, 0.1) is 11.7 Å². The van der Waals surface area contributed by atoms with Crippen LogP contribution in [0.2, 0.25) is 0 Å². The van der Waals surface area contributed by atoms with Gasteiger partial charge in [0.25, 0.3) is 5.91 Å². The van der Waals surface area contributed by atoms with Crippen molar-refractivity contribution in [2.45, 2.75) is 32.7 Å². The molecule has 3 rings (SSSR count). The lowest BCUT2D eigenvalue weighted by molar-refractivity contribution is 0.0703. The lowest BCUT2D eigenvalue weighted by atomic mass is 10.1. The number of hydrogen-bond acceptors (Lipinski definition) is 4. The van der Waals surface area contributed by atoms with Crippen molar-refractivity contribution in [3.8, 4) is 0 Å². The molecule has 0 unspecified atom stereocenters. The molecule has 2 aromatic heterocycles. The molecule has 0 bridgehead atoms. The Morgan fingerprint density at radius 2 is 2.09 bits per heavy atom. The van der Waals surface area contributed by atoms with E-state index < -0.39 is 0 Å². The van der Waals surface area contributed by atoms with Gasteiger partial charge in [-0.3, -0.25) is 9.59 Å². The molecule has 3 heterocycles. The zero-order valence-corrected chi connectivity index (χ0v) is 13.0. The van der Waals surface area contributed by atoms with Crippen LogP contribution < -0.4 is 5.43 Å². The molecule has 1 aliphatic heterocycles. The normalized spacial score (nSPS) is 18.0. The fourth-order valence-electron chi connectivity index (χ4n) is 2.96. The summed E-state index contributed by atoms with van der Waals surface area (Å²) in [7, 11) is 1.80. The first-order valence-electron chi connectivity index (χ1n) is 7.39. The van der Waals surface area contributed by atoms with E-state index >= 15 is 0 Å². The Bertz CT molecular complexity index is 775. The molecule has 2 aromatic rings. The fraction of sp³-hybridized carbons (Fsp3) is 0.438. The molecule has 1 aliphatic rings. The molecule has 0 spiro atoms. The smallest absolute Gasteiger partial charge is 0.271 e. The Morgan fingerprint density at radius 1 is 1.32 bits per heavy atom. The van der Waals surface area contributed by atoms with E-state index in [1.54, 1.807) is 16.5 Å². The summed E-state index contributed by atoms with van der Waals surface area (Å²) in [4.78, 5) is 26.4. The fourth-order valence-corrected chi connectivity index (χ4v) is 2.96. The Hall–Kier alpha value is -2.37. The minimum Gasteiger partial charge on any atom is -0.359 e. The number of carbonyl (C=O) groups is 1. The lowest BCUT2D eigenvalue weighted by Crippen LogP contribution is -2.33. The van der Waals surface area contributed by atoms with Gasteiger partial charge in [-0.25, -0.2) is 0 Å². The molecule has 6 heteroatoms. The number of rotatable bonds is 2. The first-order chi connectivity index (χ1) is 10.5. The van der Waals surface area contributed by atoms with Crippen molar-refractivity contribution in [2.24, 2.45) is 7.05 Å². The maximum atomic E-state index is 12.9. The lowest BCUT2D eigenvalue weighted by Gasteiger charge is -2.24. The van der Waals surface area contributed by atoms with E-state index in [9.17, 15) is 9.59 Å². The number of likely N-dealkylation sites (tertiary alicyclic amines) is 1. The van der Waals surface area contributed by atoms with Gasteiger partial charge >= 0.3 is 0 Å². The molecule has 0 aliphatic carbocycles. The standard InChI is InChI=1S/C16H19N3O3/c1-10-7-15(22-17-10)13-5-4-6-19(13)16(21)14-9-12(20)8-11(2)18(14)3/h7-9,13H,4-6H2,1-3H3/t13-/m1/s1. The number of hydrogen-bond donors (Lipinski definition) is 0. The summed E-state index contributed by atoms with van der Waals surface area (Å²) in [5.41, 5.74) is 1.83. The highest BCUT2D eigenvalue weighted by Gasteiger charge is 2.34. The van der Waals surface area contributed by atoms with Gasteiger partial charge in [-0.2, -0.15) is 0 Å². The van der Waals surface area contributed by atoms with Crippen LogP contribution in [-0.2, 0) is 7.05 Å². The van der Waals surface area contributed by atoms with E-state index in [0.717, 1.165) is 24.2 Å². The summed E-state index contributed by atoms with van der Waals surface area (Å²) in [5.74, 6) is 0.570. The minimum absolute atomic E-state index is 0.107. The Balaban J connectivity index is 1.96. The Kier molecular flexibility index (Phi) is 3.60. The van der Waals surface area contributed by atoms with Crippen LogP contribution in [0.3, 0.4) is 0 Å². The number of pyridine rings is 1. The van der Waals surface area contributed by atoms with Crippen LogP contribution in [0.25, 0.3) is 0 Å². The van der Waals surface area contributed by atoms with Crippen LogP contribution in [-0.4, -0.2) is 27.1 Å². The molecular formula is C16H19N3O3. The van der Waals surface area contributed by atoms with Crippen LogP contribution in [0.15, 0.2) is 27.5 Å². The number of amides is 1. The SMILES string of the molecule is Cc1cc([C@H]2CCCN2C(=O)c2cc(=O)cc(C)n2C)on1. The second-order valence-corrected chi connectivity index (χ2v) is 5.80. The van der Waals surface area contributed by atoms with Crippen LogP contribution in [0.4, 0.5) is 0 Å². The van der Waals surface area contributed by atoms with Gasteiger partial charge < -0.3 is 14.0 Å². The van der Waals surface area contributed by atoms with Crippen LogP contribution in [0.5, 0.6) is 0 Å². The number of aromatic nitrogens is 2. The summed E-state index contributed by atoms with van der Waals surface area (Å²) in [6.07, 6.45) is 1.76. The van der Waals surface area contributed by atoms with Crippen molar-refractivity contribution in [1.29, 1.82) is 0 Å². The van der Waals surface area contributed by atoms with Crippen LogP contribution >= 0.6 is 0 Å². The van der Waals surface area contributed by atoms with Gasteiger partial charge in [0, 0.05) is 37.5 Å². The molecule has 1 amide bonds. The molecule has 0 N–H and O–H groups in total. The molecule has 1 atom stereocenters. The highest BCUT2D eigenvalue weighted by atomic mass is 16.5. The third kappa shape index (κ3) is 2.45. The second-order valence-electron chi connectivity index (χ2n) is 5.80. The van der Waals surface area contributed by atoms with Crippen LogP contribution in [0.1, 0.15) is 46.5 Å². The van der Waals surface area contributed by atoms with Gasteiger partial charge in [-0.05, 0) is 26.7 Å². The van der Waals surface area contributed by atoms with Gasteiger partial charge in [-0.1, -0.05) is 5.16 Å². The summed E-state index contributed by atoms with van der Waals surface area (Å²) < 4.78 is 7.08. The molecule has 1 saturated heterocycles. The van der Waals surface area contributed by atoms with Crippen LogP contribution in [0, 0.1) is 13.8 Å². The summed E-state index contributed by atoms with van der Waals surface area (Å²) in [6.45, 7) is 4.34. The minimum atomic E-state index is -0.148. The Labute approximate surface area is 128 Å². The summed E-state index contributed by atoms with van der Waals surface area (Å²) in [6, 6.07) is 4.68. The third-order valence-corrected chi connectivity index (χ3v) is 4.23. The molecule has 22 heavy (non-hydrogen) atoms. The third-order valence-electron chi connectivity index (χ3n) is 4.23. The first kappa shape index (κ1) is 14.6. The number of aryl methyl sites for hydroxylation is 2. The van der Waals surface area contributed by atoms with Crippen molar-refractivity contribution >= 4 is 5.91 Å². The molecule has 1 fully saturated rings. The topological polar surface area (TPSA) is 68.3 Å². The van der Waals surface area contributed by atoms with Gasteiger partial charge in [0.1, 0.15) is 5.69 Å². The molecule has 0 aromatic carbocycles. The average molecular weight is 301 g/mol. The highest BCUT2D eigenvalue weighted by Crippen LogP contribution is 2.33. The first-order valence-corrected chi connectivity index (χ1v) is 7.39. The molecule has 0 radical (unpaired) electrons. The summed E-state index contributed by atoms with van der Waals surface area (Å²) >= 11 is 0. The maximum Gasteiger partial charge on any atom is 0.271 e. The highest BCUT2D eigenvalue weighted by molar-refractivity contribution is 5.93. The van der Waals surface area contributed by atoms with E-state index in [-0.39, 0.29) is 17.4 Å². The van der Waals surface area contributed by atoms with Gasteiger partial charge in [0.15, 0.2) is 11.2 Å². The maximum absolute atomic E-state index is 12.9. The molecule has 0 saturated carbocycles. The zero-order valence-electron chi connectivity index (χ0n) is 13.0. The van der Waals surface area contributed by atoms with Crippen molar-refractivity contribution in [3.05, 3.63) is 51.3 Å². The second kappa shape index (κ2) is 5.44. The van der Waals surface area contributed by atoms with E-state index in [2.05, 4.69) is 5.16 Å². The molecular weight excluding hydrogens is 282 g/mol. The average Bonchev–Trinajstić information content (AvgIpc) is 3.10. The van der Waals surface area contributed by atoms with E-state index in [1.807, 2.05) is 19.9 Å². The van der Waals surface area contributed by atoms with E-state index in [0.29, 0.717) is 18.0 Å². The van der Waals surface area contributed by atoms with Crippen molar-refractivity contribution < 1.29 is 9.32 Å². The van der Waals surface area contributed by atoms with Gasteiger partial charge in [0.2, 0.25) is 0 Å². The molecule has 116 valence electrons. The summed E-state index contributed by atoms with van der Waals surface area (Å²) in [5, 5.41) is 3.91. The van der Waals surface area contributed by atoms with Crippen molar-refractivity contribution in [3.63, 3.8) is 0 Å². The van der Waals surface area contributed by atoms with Gasteiger partial charge in [-0.15, -0.1) is 0 Å². The number of nitrogens with zero attached hydrogens (tertiary/aromatic N) is 3. The van der Waals surface area contributed by atoms with E-state index in [4.69, 9.17) is 4.52 Å². The number of carbonyl (C=O) groups excluding carboxylic acids is 1. The van der Waals surface area contributed by atoms with Crippen molar-refractivity contribution in [1.82, 2.24) is 14.6 Å². The zero-order chi connectivity index (χ0) is 15.9. The van der Waals surface area contributed by atoms with Crippen molar-refractivity contribution in [2.75, 3.05) is 6.54 Å².